The molecule has 2 rings (SSSR count). The lowest BCUT2D eigenvalue weighted by Crippen LogP contribution is -1.94. The van der Waals surface area contributed by atoms with Gasteiger partial charge in [-0.2, -0.15) is 0 Å². The first-order valence-corrected chi connectivity index (χ1v) is 6.64. The van der Waals surface area contributed by atoms with Gasteiger partial charge in [0.1, 0.15) is 0 Å². The molecule has 0 fully saturated rings. The Morgan fingerprint density at radius 1 is 0.864 bits per heavy atom. The summed E-state index contributed by atoms with van der Waals surface area (Å²) < 4.78 is 0. The van der Waals surface area contributed by atoms with Gasteiger partial charge in [0.15, 0.2) is 23.2 Å². The number of carbonyl (C=O) groups excluding carboxylic acids is 2. The first-order chi connectivity index (χ1) is 10.3. The average molecular weight is 308 g/mol. The monoisotopic (exact) mass is 308 g/mol. The van der Waals surface area contributed by atoms with Crippen molar-refractivity contribution in [2.45, 2.75) is 40.9 Å². The van der Waals surface area contributed by atoms with Gasteiger partial charge in [0.2, 0.25) is 0 Å². The summed E-state index contributed by atoms with van der Waals surface area (Å²) in [5, 5.41) is 17.4. The molecule has 0 aliphatic carbocycles. The van der Waals surface area contributed by atoms with Crippen LogP contribution in [-0.4, -0.2) is 41.7 Å². The summed E-state index contributed by atoms with van der Waals surface area (Å²) in [7, 11) is 0. The van der Waals surface area contributed by atoms with Crippen LogP contribution in [0.5, 0.6) is 0 Å². The SMILES string of the molecule is CC(=O)c1nc(CO)c(C)[nH]1.CC(=O)c1nc(CO)c(C)[nH]1. The van der Waals surface area contributed by atoms with Crippen molar-refractivity contribution in [3.8, 4) is 0 Å². The van der Waals surface area contributed by atoms with E-state index in [9.17, 15) is 9.59 Å². The molecule has 0 radical (unpaired) electrons. The molecule has 120 valence electrons. The van der Waals surface area contributed by atoms with E-state index >= 15 is 0 Å². The second-order valence-corrected chi connectivity index (χ2v) is 4.74. The van der Waals surface area contributed by atoms with Crippen LogP contribution in [-0.2, 0) is 13.2 Å². The molecule has 2 aromatic heterocycles. The minimum atomic E-state index is -0.129. The zero-order chi connectivity index (χ0) is 16.9. The van der Waals surface area contributed by atoms with Gasteiger partial charge < -0.3 is 20.2 Å². The van der Waals surface area contributed by atoms with E-state index in [-0.39, 0.29) is 24.8 Å². The number of aromatic amines is 2. The quantitative estimate of drug-likeness (QED) is 0.618. The third-order valence-electron chi connectivity index (χ3n) is 2.94. The van der Waals surface area contributed by atoms with E-state index in [1.165, 1.54) is 13.8 Å². The van der Waals surface area contributed by atoms with Gasteiger partial charge in [0, 0.05) is 25.2 Å². The molecule has 2 aromatic rings. The molecule has 0 atom stereocenters. The highest BCUT2D eigenvalue weighted by atomic mass is 16.3. The topological polar surface area (TPSA) is 132 Å². The van der Waals surface area contributed by atoms with E-state index in [1.54, 1.807) is 13.8 Å². The molecule has 0 amide bonds. The minimum Gasteiger partial charge on any atom is -0.390 e. The summed E-state index contributed by atoms with van der Waals surface area (Å²) in [6, 6.07) is 0. The van der Waals surface area contributed by atoms with Crippen molar-refractivity contribution >= 4 is 11.6 Å². The van der Waals surface area contributed by atoms with Gasteiger partial charge in [-0.05, 0) is 13.8 Å². The molecule has 8 heteroatoms. The highest BCUT2D eigenvalue weighted by molar-refractivity contribution is 5.90. The number of aliphatic hydroxyl groups is 2. The molecule has 22 heavy (non-hydrogen) atoms. The van der Waals surface area contributed by atoms with Crippen LogP contribution < -0.4 is 0 Å². The van der Waals surface area contributed by atoms with Gasteiger partial charge in [-0.1, -0.05) is 0 Å². The van der Waals surface area contributed by atoms with Crippen molar-refractivity contribution in [3.05, 3.63) is 34.4 Å². The molecular weight excluding hydrogens is 288 g/mol. The zero-order valence-electron chi connectivity index (χ0n) is 13.0. The lowest BCUT2D eigenvalue weighted by molar-refractivity contribution is 0.0996. The smallest absolute Gasteiger partial charge is 0.194 e. The number of aliphatic hydroxyl groups excluding tert-OH is 2. The molecule has 0 saturated carbocycles. The number of ketones is 2. The Kier molecular flexibility index (Phi) is 6.14. The third-order valence-corrected chi connectivity index (χ3v) is 2.94. The maximum Gasteiger partial charge on any atom is 0.194 e. The molecule has 8 nitrogen and oxygen atoms in total. The fourth-order valence-electron chi connectivity index (χ4n) is 1.63. The molecule has 4 N–H and O–H groups in total. The highest BCUT2D eigenvalue weighted by Crippen LogP contribution is 2.05. The number of nitrogens with zero attached hydrogens (tertiary/aromatic N) is 2. The minimum absolute atomic E-state index is 0.118. The second kappa shape index (κ2) is 7.62. The number of aromatic nitrogens is 4. The molecule has 2 heterocycles. The van der Waals surface area contributed by atoms with E-state index in [1.807, 2.05) is 0 Å². The van der Waals surface area contributed by atoms with Gasteiger partial charge in [-0.3, -0.25) is 9.59 Å². The molecule has 0 aliphatic rings. The fraction of sp³-hybridized carbons (Fsp3) is 0.429. The first-order valence-electron chi connectivity index (χ1n) is 6.64. The van der Waals surface area contributed by atoms with E-state index in [0.717, 1.165) is 11.4 Å². The summed E-state index contributed by atoms with van der Waals surface area (Å²) in [5.41, 5.74) is 2.57. The van der Waals surface area contributed by atoms with Crippen molar-refractivity contribution in [1.29, 1.82) is 0 Å². The van der Waals surface area contributed by atoms with Crippen LogP contribution in [0.25, 0.3) is 0 Å². The van der Waals surface area contributed by atoms with Crippen LogP contribution in [0.2, 0.25) is 0 Å². The van der Waals surface area contributed by atoms with Crippen LogP contribution in [0.4, 0.5) is 0 Å². The molecule has 0 spiro atoms. The van der Waals surface area contributed by atoms with Crippen molar-refractivity contribution in [2.24, 2.45) is 0 Å². The summed E-state index contributed by atoms with van der Waals surface area (Å²) in [4.78, 5) is 34.8. The summed E-state index contributed by atoms with van der Waals surface area (Å²) >= 11 is 0. The van der Waals surface area contributed by atoms with Crippen molar-refractivity contribution in [1.82, 2.24) is 19.9 Å². The first kappa shape index (κ1) is 17.7. The number of Topliss-reactive ketones (excluding diaryl/α,β-unsaturated/α-hetero) is 2. The normalized spacial score (nSPS) is 10.1. The Labute approximate surface area is 127 Å². The molecular formula is C14H20N4O4. The predicted octanol–water partition coefficient (Wildman–Crippen LogP) is 0.826. The Morgan fingerprint density at radius 2 is 1.18 bits per heavy atom. The van der Waals surface area contributed by atoms with Crippen LogP contribution in [0, 0.1) is 13.8 Å². The van der Waals surface area contributed by atoms with Crippen molar-refractivity contribution in [2.75, 3.05) is 0 Å². The van der Waals surface area contributed by atoms with E-state index in [2.05, 4.69) is 19.9 Å². The summed E-state index contributed by atoms with van der Waals surface area (Å²) in [5.74, 6) is 0.388. The number of hydrogen-bond donors (Lipinski definition) is 4. The molecule has 0 unspecified atom stereocenters. The molecule has 0 bridgehead atoms. The Hall–Kier alpha value is -2.32. The Morgan fingerprint density at radius 3 is 1.32 bits per heavy atom. The van der Waals surface area contributed by atoms with E-state index in [0.29, 0.717) is 23.0 Å². The van der Waals surface area contributed by atoms with Crippen molar-refractivity contribution < 1.29 is 19.8 Å². The lowest BCUT2D eigenvalue weighted by Gasteiger charge is -1.85. The van der Waals surface area contributed by atoms with E-state index < -0.39 is 0 Å². The number of carbonyl (C=O) groups is 2. The number of aryl methyl sites for hydroxylation is 2. The second-order valence-electron chi connectivity index (χ2n) is 4.74. The largest absolute Gasteiger partial charge is 0.390 e. The predicted molar refractivity (Wildman–Crippen MR) is 78.5 cm³/mol. The third kappa shape index (κ3) is 4.34. The molecule has 0 aromatic carbocycles. The standard InChI is InChI=1S/2C7H10N2O2/c2*1-4-6(3-10)9-7(8-4)5(2)11/h2*10H,3H2,1-2H3,(H,8,9). The Balaban J connectivity index is 0.000000220. The van der Waals surface area contributed by atoms with Crippen LogP contribution in [0.3, 0.4) is 0 Å². The van der Waals surface area contributed by atoms with Crippen LogP contribution in [0.1, 0.15) is 57.9 Å². The number of hydrogen-bond acceptors (Lipinski definition) is 6. The number of H-pyrrole nitrogens is 2. The number of nitrogens with one attached hydrogen (secondary N) is 2. The number of imidazole rings is 2. The zero-order valence-corrected chi connectivity index (χ0v) is 13.0. The van der Waals surface area contributed by atoms with Crippen molar-refractivity contribution in [3.63, 3.8) is 0 Å². The van der Waals surface area contributed by atoms with Crippen LogP contribution in [0.15, 0.2) is 0 Å². The average Bonchev–Trinajstić information content (AvgIpc) is 3.02. The van der Waals surface area contributed by atoms with Gasteiger partial charge in [0.05, 0.1) is 24.6 Å². The molecule has 0 aliphatic heterocycles. The van der Waals surface area contributed by atoms with Gasteiger partial charge in [0.25, 0.3) is 0 Å². The van der Waals surface area contributed by atoms with Gasteiger partial charge in [-0.25, -0.2) is 9.97 Å². The maximum absolute atomic E-state index is 10.8. The highest BCUT2D eigenvalue weighted by Gasteiger charge is 2.08. The lowest BCUT2D eigenvalue weighted by atomic mass is 10.4. The van der Waals surface area contributed by atoms with Crippen LogP contribution >= 0.6 is 0 Å². The van der Waals surface area contributed by atoms with Gasteiger partial charge in [-0.15, -0.1) is 0 Å². The fourth-order valence-corrected chi connectivity index (χ4v) is 1.63. The van der Waals surface area contributed by atoms with Gasteiger partial charge >= 0.3 is 0 Å². The van der Waals surface area contributed by atoms with E-state index in [4.69, 9.17) is 10.2 Å². The number of rotatable bonds is 4. The molecule has 0 saturated heterocycles. The summed E-state index contributed by atoms with van der Waals surface area (Å²) in [6.07, 6.45) is 0. The Bertz CT molecular complexity index is 614. The summed E-state index contributed by atoms with van der Waals surface area (Å²) in [6.45, 7) is 6.14. The maximum atomic E-state index is 10.8.